The molecule has 2 unspecified atom stereocenters. The smallest absolute Gasteiger partial charge is 0.462 e. The van der Waals surface area contributed by atoms with Gasteiger partial charge in [0.05, 0.1) is 26.4 Å². The summed E-state index contributed by atoms with van der Waals surface area (Å²) in [6.45, 7) is 7.32. The minimum Gasteiger partial charge on any atom is -0.462 e. The number of aliphatic hydroxyl groups excluding tert-OH is 1. The molecule has 0 aromatic carbocycles. The molecule has 0 saturated heterocycles. The third-order valence-corrected chi connectivity index (χ3v) is 19.7. The highest BCUT2D eigenvalue weighted by Crippen LogP contribution is 2.45. The Labute approximate surface area is 581 Å². The van der Waals surface area contributed by atoms with Crippen LogP contribution in [0.3, 0.4) is 0 Å². The third kappa shape index (κ3) is 70.3. The number of hydrogen-bond acceptors (Lipinski definition) is 15. The normalized spacial score (nSPS) is 13.9. The number of aliphatic hydroxyl groups is 1. The van der Waals surface area contributed by atoms with Crippen LogP contribution in [0.5, 0.6) is 0 Å². The van der Waals surface area contributed by atoms with Crippen molar-refractivity contribution < 1.29 is 80.2 Å². The molecule has 0 spiro atoms. The minimum absolute atomic E-state index is 0.108. The minimum atomic E-state index is -4.96. The molecule has 0 aliphatic heterocycles. The number of rotatable bonds is 76. The Morgan fingerprint density at radius 1 is 0.284 bits per heavy atom. The van der Waals surface area contributed by atoms with Gasteiger partial charge in [-0.15, -0.1) is 0 Å². The fourth-order valence-corrected chi connectivity index (χ4v) is 13.3. The van der Waals surface area contributed by atoms with E-state index < -0.39 is 97.5 Å². The maximum Gasteiger partial charge on any atom is 0.472 e. The van der Waals surface area contributed by atoms with E-state index in [1.165, 1.54) is 225 Å². The first-order valence-corrected chi connectivity index (χ1v) is 42.6. The first-order chi connectivity index (χ1) is 46.0. The van der Waals surface area contributed by atoms with Gasteiger partial charge in [-0.2, -0.15) is 0 Å². The molecule has 0 fully saturated rings. The second-order valence-corrected chi connectivity index (χ2v) is 30.8. The zero-order chi connectivity index (χ0) is 69.8. The molecule has 0 radical (unpaired) electrons. The van der Waals surface area contributed by atoms with Crippen LogP contribution in [-0.2, 0) is 65.4 Å². The van der Waals surface area contributed by atoms with Crippen molar-refractivity contribution in [3.05, 3.63) is 0 Å². The molecular weight excluding hydrogens is 1250 g/mol. The van der Waals surface area contributed by atoms with E-state index in [9.17, 15) is 43.2 Å². The lowest BCUT2D eigenvalue weighted by molar-refractivity contribution is -0.161. The number of unbranched alkanes of at least 4 members (excludes halogenated alkanes) is 48. The van der Waals surface area contributed by atoms with Crippen molar-refractivity contribution in [3.8, 4) is 0 Å². The van der Waals surface area contributed by atoms with E-state index in [1.807, 2.05) is 0 Å². The molecule has 0 aliphatic rings. The van der Waals surface area contributed by atoms with E-state index in [0.717, 1.165) is 95.8 Å². The Hall–Kier alpha value is -1.94. The van der Waals surface area contributed by atoms with E-state index in [-0.39, 0.29) is 25.7 Å². The molecular formula is C76H148O17P2. The third-order valence-electron chi connectivity index (χ3n) is 17.8. The summed E-state index contributed by atoms with van der Waals surface area (Å²) in [6.07, 6.45) is 58.2. The number of phosphoric acid groups is 2. The van der Waals surface area contributed by atoms with E-state index in [1.54, 1.807) is 0 Å². The SMILES string of the molecule is CCCCCCCCCCCCCCC(=O)OC[C@H](COP(=O)(O)OC[C@@H](O)COP(=O)(O)OC[C@@H](COC(=O)CCCCCCCCCCCCC)OC(=O)CCCCCCCCCCCCC)OC(=O)CCCCCCCCCCCCCCCCCCCCC(C)C. The van der Waals surface area contributed by atoms with Gasteiger partial charge in [-0.1, -0.05) is 349 Å². The number of phosphoric ester groups is 2. The maximum atomic E-state index is 13.1. The fourth-order valence-electron chi connectivity index (χ4n) is 11.7. The van der Waals surface area contributed by atoms with Crippen molar-refractivity contribution >= 4 is 39.5 Å². The standard InChI is InChI=1S/C76H148O17P2/c1-6-9-12-15-18-21-24-36-40-45-50-55-60-74(79)87-66-72(93-76(81)62-57-52-47-42-37-32-30-28-26-25-27-29-31-35-38-43-48-53-58-69(4)5)68-91-95(84,85)89-64-70(77)63-88-94(82,83)90-67-71(92-75(80)61-56-51-46-41-34-23-20-17-14-11-8-3)65-86-73(78)59-54-49-44-39-33-22-19-16-13-10-7-2/h69-72,77H,6-68H2,1-5H3,(H,82,83)(H,84,85)/t70-,71+,72+/m0/s1. The molecule has 0 aliphatic carbocycles. The van der Waals surface area contributed by atoms with Crippen LogP contribution in [0, 0.1) is 5.92 Å². The Kier molecular flexibility index (Phi) is 67.7. The van der Waals surface area contributed by atoms with Crippen LogP contribution in [0.4, 0.5) is 0 Å². The van der Waals surface area contributed by atoms with Crippen molar-refractivity contribution in [1.29, 1.82) is 0 Å². The summed E-state index contributed by atoms with van der Waals surface area (Å²) >= 11 is 0. The van der Waals surface area contributed by atoms with Crippen LogP contribution in [-0.4, -0.2) is 96.7 Å². The predicted molar refractivity (Wildman–Crippen MR) is 386 cm³/mol. The summed E-state index contributed by atoms with van der Waals surface area (Å²) in [4.78, 5) is 72.7. The summed E-state index contributed by atoms with van der Waals surface area (Å²) in [5.41, 5.74) is 0. The Morgan fingerprint density at radius 2 is 0.484 bits per heavy atom. The Balaban J connectivity index is 5.18. The molecule has 0 rings (SSSR count). The molecule has 17 nitrogen and oxygen atoms in total. The van der Waals surface area contributed by atoms with Crippen molar-refractivity contribution in [1.82, 2.24) is 0 Å². The monoisotopic (exact) mass is 1400 g/mol. The van der Waals surface area contributed by atoms with Crippen LogP contribution >= 0.6 is 15.6 Å². The lowest BCUT2D eigenvalue weighted by Gasteiger charge is -2.21. The topological polar surface area (TPSA) is 237 Å². The van der Waals surface area contributed by atoms with Crippen LogP contribution in [0.1, 0.15) is 401 Å². The van der Waals surface area contributed by atoms with Crippen LogP contribution in [0.25, 0.3) is 0 Å². The predicted octanol–water partition coefficient (Wildman–Crippen LogP) is 22.5. The van der Waals surface area contributed by atoms with Gasteiger partial charge in [-0.05, 0) is 31.6 Å². The number of hydrogen-bond donors (Lipinski definition) is 3. The van der Waals surface area contributed by atoms with Gasteiger partial charge in [0.15, 0.2) is 12.2 Å². The van der Waals surface area contributed by atoms with Gasteiger partial charge in [0, 0.05) is 25.7 Å². The zero-order valence-electron chi connectivity index (χ0n) is 61.8. The summed E-state index contributed by atoms with van der Waals surface area (Å²) in [7, 11) is -9.91. The number of esters is 4. The van der Waals surface area contributed by atoms with Gasteiger partial charge in [0.25, 0.3) is 0 Å². The average molecular weight is 1400 g/mol. The first kappa shape index (κ1) is 93.1. The molecule has 3 N–H and O–H groups in total. The highest BCUT2D eigenvalue weighted by atomic mass is 31.2. The van der Waals surface area contributed by atoms with E-state index in [2.05, 4.69) is 34.6 Å². The molecule has 19 heteroatoms. The van der Waals surface area contributed by atoms with Crippen molar-refractivity contribution in [3.63, 3.8) is 0 Å². The van der Waals surface area contributed by atoms with Gasteiger partial charge in [0.1, 0.15) is 19.3 Å². The second-order valence-electron chi connectivity index (χ2n) is 27.9. The fraction of sp³-hybridized carbons (Fsp3) is 0.947. The van der Waals surface area contributed by atoms with Crippen molar-refractivity contribution in [2.75, 3.05) is 39.6 Å². The highest BCUT2D eigenvalue weighted by Gasteiger charge is 2.30. The molecule has 0 amide bonds. The maximum absolute atomic E-state index is 13.1. The molecule has 0 bridgehead atoms. The van der Waals surface area contributed by atoms with E-state index in [0.29, 0.717) is 25.7 Å². The summed E-state index contributed by atoms with van der Waals surface area (Å²) in [5, 5.41) is 10.6. The molecule has 0 aromatic heterocycles. The molecule has 0 heterocycles. The Bertz CT molecular complexity index is 1820. The lowest BCUT2D eigenvalue weighted by Crippen LogP contribution is -2.30. The number of carbonyl (C=O) groups excluding carboxylic acids is 4. The average Bonchev–Trinajstić information content (AvgIpc) is 1.36. The number of carbonyl (C=O) groups is 4. The Morgan fingerprint density at radius 3 is 0.716 bits per heavy atom. The van der Waals surface area contributed by atoms with Crippen molar-refractivity contribution in [2.45, 2.75) is 419 Å². The van der Waals surface area contributed by atoms with Gasteiger partial charge < -0.3 is 33.8 Å². The van der Waals surface area contributed by atoms with Gasteiger partial charge >= 0.3 is 39.5 Å². The number of ether oxygens (including phenoxy) is 4. The molecule has 95 heavy (non-hydrogen) atoms. The van der Waals surface area contributed by atoms with Crippen LogP contribution in [0.2, 0.25) is 0 Å². The molecule has 5 atom stereocenters. The van der Waals surface area contributed by atoms with Gasteiger partial charge in [0.2, 0.25) is 0 Å². The summed E-state index contributed by atoms with van der Waals surface area (Å²) in [5.74, 6) is -1.29. The van der Waals surface area contributed by atoms with E-state index in [4.69, 9.17) is 37.0 Å². The second kappa shape index (κ2) is 69.2. The van der Waals surface area contributed by atoms with E-state index >= 15 is 0 Å². The van der Waals surface area contributed by atoms with Gasteiger partial charge in [-0.25, -0.2) is 9.13 Å². The summed E-state index contributed by atoms with van der Waals surface area (Å²) in [6, 6.07) is 0. The van der Waals surface area contributed by atoms with Crippen LogP contribution < -0.4 is 0 Å². The summed E-state index contributed by atoms with van der Waals surface area (Å²) < 4.78 is 68.5. The molecule has 0 aromatic rings. The molecule has 564 valence electrons. The quantitative estimate of drug-likeness (QED) is 0.0222. The zero-order valence-corrected chi connectivity index (χ0v) is 63.6. The molecule has 0 saturated carbocycles. The lowest BCUT2D eigenvalue weighted by atomic mass is 10.0. The first-order valence-electron chi connectivity index (χ1n) is 39.6. The highest BCUT2D eigenvalue weighted by molar-refractivity contribution is 7.47. The largest absolute Gasteiger partial charge is 0.472 e. The van der Waals surface area contributed by atoms with Gasteiger partial charge in [-0.3, -0.25) is 37.3 Å². The van der Waals surface area contributed by atoms with Crippen LogP contribution in [0.15, 0.2) is 0 Å². The van der Waals surface area contributed by atoms with Crippen molar-refractivity contribution in [2.24, 2.45) is 5.92 Å².